The van der Waals surface area contributed by atoms with E-state index in [0.717, 1.165) is 37.0 Å². The monoisotopic (exact) mass is 380 g/mol. The van der Waals surface area contributed by atoms with Crippen LogP contribution in [0, 0.1) is 0 Å². The Kier molecular flexibility index (Phi) is 7.06. The minimum atomic E-state index is -0.601. The summed E-state index contributed by atoms with van der Waals surface area (Å²) in [4.78, 5) is 25.3. The molecular formula is C23H28N2O3. The first-order chi connectivity index (χ1) is 13.7. The van der Waals surface area contributed by atoms with Gasteiger partial charge in [-0.05, 0) is 49.1 Å². The van der Waals surface area contributed by atoms with Gasteiger partial charge in [0, 0.05) is 18.0 Å². The lowest BCUT2D eigenvalue weighted by atomic mass is 10.0. The number of nitrogens with one attached hydrogen (secondary N) is 2. The number of hydrogen-bond acceptors (Lipinski definition) is 3. The minimum absolute atomic E-state index is 0.126. The number of hydrogen-bond donors (Lipinski definition) is 2. The van der Waals surface area contributed by atoms with E-state index in [-0.39, 0.29) is 17.9 Å². The zero-order valence-corrected chi connectivity index (χ0v) is 16.3. The smallest absolute Gasteiger partial charge is 0.251 e. The van der Waals surface area contributed by atoms with Crippen molar-refractivity contribution >= 4 is 11.8 Å². The van der Waals surface area contributed by atoms with Gasteiger partial charge in [0.25, 0.3) is 5.91 Å². The van der Waals surface area contributed by atoms with Gasteiger partial charge in [-0.25, -0.2) is 0 Å². The molecule has 2 aromatic rings. The second-order valence-corrected chi connectivity index (χ2v) is 7.23. The van der Waals surface area contributed by atoms with Crippen molar-refractivity contribution in [3.8, 4) is 5.75 Å². The van der Waals surface area contributed by atoms with Gasteiger partial charge in [-0.1, -0.05) is 43.7 Å². The Morgan fingerprint density at radius 2 is 1.79 bits per heavy atom. The van der Waals surface area contributed by atoms with Crippen molar-refractivity contribution < 1.29 is 14.3 Å². The summed E-state index contributed by atoms with van der Waals surface area (Å²) in [7, 11) is 0. The fourth-order valence-electron chi connectivity index (χ4n) is 2.87. The second kappa shape index (κ2) is 9.93. The van der Waals surface area contributed by atoms with Crippen molar-refractivity contribution in [3.63, 3.8) is 0 Å². The maximum Gasteiger partial charge on any atom is 0.251 e. The summed E-state index contributed by atoms with van der Waals surface area (Å²) in [5.74, 6) is 0.364. The summed E-state index contributed by atoms with van der Waals surface area (Å²) in [6.07, 6.45) is 4.56. The summed E-state index contributed by atoms with van der Waals surface area (Å²) in [5.41, 5.74) is 1.53. The lowest BCUT2D eigenvalue weighted by molar-refractivity contribution is -0.123. The van der Waals surface area contributed by atoms with Gasteiger partial charge in [0.1, 0.15) is 11.8 Å². The molecule has 5 nitrogen and oxygen atoms in total. The van der Waals surface area contributed by atoms with Gasteiger partial charge in [0.2, 0.25) is 5.91 Å². The van der Waals surface area contributed by atoms with E-state index < -0.39 is 6.04 Å². The van der Waals surface area contributed by atoms with Gasteiger partial charge in [-0.3, -0.25) is 9.59 Å². The molecule has 0 heterocycles. The molecule has 1 unspecified atom stereocenters. The molecule has 0 aliphatic heterocycles. The number of rotatable bonds is 10. The Morgan fingerprint density at radius 3 is 2.43 bits per heavy atom. The van der Waals surface area contributed by atoms with E-state index in [2.05, 4.69) is 17.6 Å². The fourth-order valence-corrected chi connectivity index (χ4v) is 2.87. The number of amides is 2. The Hall–Kier alpha value is -2.82. The van der Waals surface area contributed by atoms with Gasteiger partial charge >= 0.3 is 0 Å². The third kappa shape index (κ3) is 6.12. The van der Waals surface area contributed by atoms with Crippen molar-refractivity contribution in [3.05, 3.63) is 65.7 Å². The molecule has 0 spiro atoms. The van der Waals surface area contributed by atoms with Gasteiger partial charge in [-0.2, -0.15) is 0 Å². The molecular weight excluding hydrogens is 352 g/mol. The van der Waals surface area contributed by atoms with Crippen molar-refractivity contribution in [2.75, 3.05) is 6.61 Å². The Labute approximate surface area is 166 Å². The van der Waals surface area contributed by atoms with E-state index in [1.54, 1.807) is 24.3 Å². The van der Waals surface area contributed by atoms with E-state index in [1.807, 2.05) is 30.3 Å². The highest BCUT2D eigenvalue weighted by Gasteiger charge is 2.28. The largest absolute Gasteiger partial charge is 0.494 e. The van der Waals surface area contributed by atoms with Crippen molar-refractivity contribution in [1.29, 1.82) is 0 Å². The van der Waals surface area contributed by atoms with Crippen LogP contribution in [0.5, 0.6) is 5.75 Å². The van der Waals surface area contributed by atoms with Crippen LogP contribution in [0.4, 0.5) is 0 Å². The van der Waals surface area contributed by atoms with Gasteiger partial charge in [0.05, 0.1) is 6.61 Å². The zero-order chi connectivity index (χ0) is 19.8. The highest BCUT2D eigenvalue weighted by molar-refractivity contribution is 5.97. The number of benzene rings is 2. The molecule has 1 atom stereocenters. The van der Waals surface area contributed by atoms with Crippen LogP contribution in [-0.2, 0) is 11.2 Å². The highest BCUT2D eigenvalue weighted by Crippen LogP contribution is 2.19. The number of ether oxygens (including phenoxy) is 1. The van der Waals surface area contributed by atoms with Crippen LogP contribution in [0.1, 0.15) is 48.5 Å². The minimum Gasteiger partial charge on any atom is -0.494 e. The molecule has 0 aromatic heterocycles. The van der Waals surface area contributed by atoms with Crippen LogP contribution < -0.4 is 15.4 Å². The molecule has 5 heteroatoms. The zero-order valence-electron chi connectivity index (χ0n) is 16.3. The summed E-state index contributed by atoms with van der Waals surface area (Å²) in [6.45, 7) is 2.78. The standard InChI is InChI=1S/C23H28N2O3/c1-2-3-15-28-20-13-9-18(10-14-20)22(26)25-21(23(27)24-19-11-12-19)16-17-7-5-4-6-8-17/h4-10,13-14,19,21H,2-3,11-12,15-16H2,1H3,(H,24,27)(H,25,26). The Morgan fingerprint density at radius 1 is 1.07 bits per heavy atom. The van der Waals surface area contributed by atoms with E-state index >= 15 is 0 Å². The molecule has 1 aliphatic rings. The van der Waals surface area contributed by atoms with Crippen molar-refractivity contribution in [1.82, 2.24) is 10.6 Å². The van der Waals surface area contributed by atoms with Crippen molar-refractivity contribution in [2.45, 2.75) is 51.1 Å². The van der Waals surface area contributed by atoms with Crippen LogP contribution >= 0.6 is 0 Å². The van der Waals surface area contributed by atoms with Crippen LogP contribution in [0.2, 0.25) is 0 Å². The average molecular weight is 380 g/mol. The van der Waals surface area contributed by atoms with E-state index in [4.69, 9.17) is 4.74 Å². The molecule has 148 valence electrons. The number of carbonyl (C=O) groups excluding carboxylic acids is 2. The predicted octanol–water partition coefficient (Wildman–Crippen LogP) is 3.49. The molecule has 1 aliphatic carbocycles. The molecule has 0 saturated heterocycles. The maximum atomic E-state index is 12.7. The molecule has 2 aromatic carbocycles. The average Bonchev–Trinajstić information content (AvgIpc) is 3.53. The third-order valence-corrected chi connectivity index (χ3v) is 4.71. The van der Waals surface area contributed by atoms with Gasteiger partial charge < -0.3 is 15.4 Å². The molecule has 1 saturated carbocycles. The van der Waals surface area contributed by atoms with E-state index in [0.29, 0.717) is 18.6 Å². The number of unbranched alkanes of at least 4 members (excludes halogenated alkanes) is 1. The van der Waals surface area contributed by atoms with Crippen LogP contribution in [0.3, 0.4) is 0 Å². The quantitative estimate of drug-likeness (QED) is 0.620. The van der Waals surface area contributed by atoms with Gasteiger partial charge in [-0.15, -0.1) is 0 Å². The first-order valence-corrected chi connectivity index (χ1v) is 10.0. The second-order valence-electron chi connectivity index (χ2n) is 7.23. The van der Waals surface area contributed by atoms with Crippen LogP contribution in [0.15, 0.2) is 54.6 Å². The third-order valence-electron chi connectivity index (χ3n) is 4.71. The molecule has 1 fully saturated rings. The summed E-state index contributed by atoms with van der Waals surface area (Å²) in [6, 6.07) is 16.4. The lowest BCUT2D eigenvalue weighted by Crippen LogP contribution is -2.48. The van der Waals surface area contributed by atoms with Crippen molar-refractivity contribution in [2.24, 2.45) is 0 Å². The summed E-state index contributed by atoms with van der Waals surface area (Å²) >= 11 is 0. The van der Waals surface area contributed by atoms with E-state index in [9.17, 15) is 9.59 Å². The van der Waals surface area contributed by atoms with Crippen LogP contribution in [0.25, 0.3) is 0 Å². The molecule has 28 heavy (non-hydrogen) atoms. The topological polar surface area (TPSA) is 67.4 Å². The summed E-state index contributed by atoms with van der Waals surface area (Å²) < 4.78 is 5.63. The van der Waals surface area contributed by atoms with Crippen LogP contribution in [-0.4, -0.2) is 30.5 Å². The predicted molar refractivity (Wildman–Crippen MR) is 109 cm³/mol. The Balaban J connectivity index is 1.63. The highest BCUT2D eigenvalue weighted by atomic mass is 16.5. The van der Waals surface area contributed by atoms with Gasteiger partial charge in [0.15, 0.2) is 0 Å². The maximum absolute atomic E-state index is 12.7. The fraction of sp³-hybridized carbons (Fsp3) is 0.391. The number of carbonyl (C=O) groups is 2. The Bertz CT molecular complexity index is 770. The SMILES string of the molecule is CCCCOc1ccc(C(=O)NC(Cc2ccccc2)C(=O)NC2CC2)cc1. The first kappa shape index (κ1) is 19.9. The molecule has 2 N–H and O–H groups in total. The normalized spacial score (nSPS) is 14.2. The molecule has 0 bridgehead atoms. The lowest BCUT2D eigenvalue weighted by Gasteiger charge is -2.19. The molecule has 0 radical (unpaired) electrons. The first-order valence-electron chi connectivity index (χ1n) is 10.0. The molecule has 2 amide bonds. The molecule has 3 rings (SSSR count). The summed E-state index contributed by atoms with van der Waals surface area (Å²) in [5, 5.41) is 5.89. The van der Waals surface area contributed by atoms with E-state index in [1.165, 1.54) is 0 Å².